The van der Waals surface area contributed by atoms with Crippen LogP contribution in [0, 0.1) is 69.5 Å². The van der Waals surface area contributed by atoms with E-state index in [1.165, 1.54) is 57.8 Å². The van der Waals surface area contributed by atoms with Crippen LogP contribution in [0.4, 0.5) is 0 Å². The van der Waals surface area contributed by atoms with Crippen LogP contribution in [0.2, 0.25) is 0 Å². The van der Waals surface area contributed by atoms with Crippen LogP contribution in [0.3, 0.4) is 0 Å². The van der Waals surface area contributed by atoms with Gasteiger partial charge in [-0.25, -0.2) is 0 Å². The van der Waals surface area contributed by atoms with E-state index in [0.29, 0.717) is 22.3 Å². The third kappa shape index (κ3) is 3.30. The molecule has 9 atom stereocenters. The second-order valence-corrected chi connectivity index (χ2v) is 13.4. The molecule has 0 radical (unpaired) electrons. The number of hydrogen-bond donors (Lipinski definition) is 0. The van der Waals surface area contributed by atoms with Crippen LogP contribution in [0.1, 0.15) is 98.4 Å². The third-order valence-electron chi connectivity index (χ3n) is 11.9. The van der Waals surface area contributed by atoms with Gasteiger partial charge in [-0.15, -0.1) is 0 Å². The normalized spacial score (nSPS) is 46.6. The molecule has 6 rings (SSSR count). The highest BCUT2D eigenvalue weighted by atomic mass is 15.3. The van der Waals surface area contributed by atoms with E-state index in [1.807, 2.05) is 10.9 Å². The highest BCUT2D eigenvalue weighted by molar-refractivity contribution is 5.21. The van der Waals surface area contributed by atoms with E-state index >= 15 is 0 Å². The Hall–Kier alpha value is -1.30. The summed E-state index contributed by atoms with van der Waals surface area (Å²) in [5, 5.41) is 13.6. The fourth-order valence-corrected chi connectivity index (χ4v) is 10.2. The Morgan fingerprint density at radius 1 is 1.06 bits per heavy atom. The Morgan fingerprint density at radius 3 is 2.62 bits per heavy atom. The summed E-state index contributed by atoms with van der Waals surface area (Å²) >= 11 is 0. The summed E-state index contributed by atoms with van der Waals surface area (Å²) in [5.41, 5.74) is 1.91. The van der Waals surface area contributed by atoms with Gasteiger partial charge in [0.2, 0.25) is 0 Å². The van der Waals surface area contributed by atoms with Gasteiger partial charge in [-0.3, -0.25) is 4.68 Å². The lowest BCUT2D eigenvalue weighted by molar-refractivity contribution is -0.0858. The molecule has 0 spiro atoms. The maximum Gasteiger partial charge on any atom is 0.102 e. The molecule has 8 unspecified atom stereocenters. The summed E-state index contributed by atoms with van der Waals surface area (Å²) in [6, 6.07) is 2.23. The molecule has 0 N–H and O–H groups in total. The van der Waals surface area contributed by atoms with Gasteiger partial charge < -0.3 is 0 Å². The molecule has 5 saturated carbocycles. The molecule has 0 aliphatic heterocycles. The zero-order valence-corrected chi connectivity index (χ0v) is 20.6. The highest BCUT2D eigenvalue weighted by Gasteiger charge is 2.58. The number of hydrogen-bond acceptors (Lipinski definition) is 2. The maximum absolute atomic E-state index is 9.14. The molecule has 3 heteroatoms. The second kappa shape index (κ2) is 7.61. The van der Waals surface area contributed by atoms with Gasteiger partial charge in [0, 0.05) is 14.2 Å². The SMILES string of the molecule is CC(Cn1cc(C#N)cn1)C1CCC2C3CCC4C[C@@](C)(C5CC5)CCC4C3CCC12C.[HH]. The predicted octanol–water partition coefficient (Wildman–Crippen LogP) is 7.32. The van der Waals surface area contributed by atoms with E-state index in [0.717, 1.165) is 48.0 Å². The van der Waals surface area contributed by atoms with Gasteiger partial charge in [0.15, 0.2) is 0 Å². The lowest BCUT2D eigenvalue weighted by Gasteiger charge is -2.58. The maximum atomic E-state index is 9.14. The molecule has 1 aromatic heterocycles. The van der Waals surface area contributed by atoms with Gasteiger partial charge in [-0.1, -0.05) is 20.8 Å². The zero-order valence-electron chi connectivity index (χ0n) is 20.6. The average molecular weight is 436 g/mol. The molecule has 0 aromatic carbocycles. The van der Waals surface area contributed by atoms with Crippen molar-refractivity contribution in [3.8, 4) is 6.07 Å². The molecule has 0 bridgehead atoms. The number of nitriles is 1. The summed E-state index contributed by atoms with van der Waals surface area (Å²) in [4.78, 5) is 0. The van der Waals surface area contributed by atoms with Gasteiger partial charge >= 0.3 is 0 Å². The lowest BCUT2D eigenvalue weighted by Crippen LogP contribution is -2.50. The Morgan fingerprint density at radius 2 is 1.88 bits per heavy atom. The Balaban J connectivity index is 0.00000228. The average Bonchev–Trinajstić information content (AvgIpc) is 3.46. The van der Waals surface area contributed by atoms with E-state index in [2.05, 4.69) is 31.9 Å². The van der Waals surface area contributed by atoms with Crippen LogP contribution in [0.25, 0.3) is 0 Å². The van der Waals surface area contributed by atoms with E-state index in [-0.39, 0.29) is 1.43 Å². The van der Waals surface area contributed by atoms with Crippen LogP contribution < -0.4 is 0 Å². The molecule has 32 heavy (non-hydrogen) atoms. The number of aromatic nitrogens is 2. The summed E-state index contributed by atoms with van der Waals surface area (Å²) < 4.78 is 2.02. The van der Waals surface area contributed by atoms with Crippen molar-refractivity contribution in [2.75, 3.05) is 0 Å². The number of rotatable bonds is 4. The Kier molecular flexibility index (Phi) is 5.05. The first-order valence-electron chi connectivity index (χ1n) is 13.8. The van der Waals surface area contributed by atoms with Crippen molar-refractivity contribution in [1.29, 1.82) is 5.26 Å². The Labute approximate surface area is 196 Å². The van der Waals surface area contributed by atoms with Crippen LogP contribution >= 0.6 is 0 Å². The van der Waals surface area contributed by atoms with Gasteiger partial charge in [-0.2, -0.15) is 10.4 Å². The topological polar surface area (TPSA) is 41.6 Å². The summed E-state index contributed by atoms with van der Waals surface area (Å²) in [6.07, 6.45) is 20.2. The lowest BCUT2D eigenvalue weighted by atomic mass is 9.47. The molecule has 1 aromatic rings. The van der Waals surface area contributed by atoms with E-state index in [4.69, 9.17) is 5.26 Å². The van der Waals surface area contributed by atoms with Gasteiger partial charge in [0.25, 0.3) is 0 Å². The first-order valence-corrected chi connectivity index (χ1v) is 13.8. The summed E-state index contributed by atoms with van der Waals surface area (Å²) in [7, 11) is 0. The van der Waals surface area contributed by atoms with Crippen molar-refractivity contribution in [2.24, 2.45) is 58.2 Å². The molecule has 0 amide bonds. The van der Waals surface area contributed by atoms with Crippen LogP contribution in [-0.2, 0) is 6.54 Å². The molecule has 0 saturated heterocycles. The van der Waals surface area contributed by atoms with Gasteiger partial charge in [-0.05, 0) is 129 Å². The summed E-state index contributed by atoms with van der Waals surface area (Å²) in [6.45, 7) is 8.73. The third-order valence-corrected chi connectivity index (χ3v) is 11.9. The standard InChI is InChI=1S/C29H43N3.H2/c1-19(17-32-18-20(15-30)16-31-32)26-8-9-27-25-7-4-21-14-28(2,22-5-6-22)12-10-23(21)24(25)11-13-29(26,27)3;/h16,18-19,21-27H,4-14,17H2,1-3H3;1H/t19?,21?,23?,24?,25?,26?,27?,28-,29?;/m0./s1. The second-order valence-electron chi connectivity index (χ2n) is 13.4. The largest absolute Gasteiger partial charge is 0.271 e. The summed E-state index contributed by atoms with van der Waals surface area (Å²) in [5.74, 6) is 7.62. The van der Waals surface area contributed by atoms with Crippen molar-refractivity contribution in [2.45, 2.75) is 97.9 Å². The van der Waals surface area contributed by atoms with Crippen molar-refractivity contribution in [1.82, 2.24) is 9.78 Å². The fourth-order valence-electron chi connectivity index (χ4n) is 10.2. The monoisotopic (exact) mass is 435 g/mol. The molecule has 1 heterocycles. The van der Waals surface area contributed by atoms with Crippen molar-refractivity contribution < 1.29 is 1.43 Å². The van der Waals surface area contributed by atoms with Crippen LogP contribution in [0.5, 0.6) is 0 Å². The minimum Gasteiger partial charge on any atom is -0.271 e. The van der Waals surface area contributed by atoms with E-state index in [9.17, 15) is 0 Å². The molecule has 5 aliphatic rings. The van der Waals surface area contributed by atoms with Crippen molar-refractivity contribution in [3.05, 3.63) is 18.0 Å². The zero-order chi connectivity index (χ0) is 22.1. The van der Waals surface area contributed by atoms with Gasteiger partial charge in [0.1, 0.15) is 6.07 Å². The first kappa shape index (κ1) is 21.2. The molecule has 3 nitrogen and oxygen atoms in total. The predicted molar refractivity (Wildman–Crippen MR) is 130 cm³/mol. The van der Waals surface area contributed by atoms with Crippen molar-refractivity contribution in [3.63, 3.8) is 0 Å². The van der Waals surface area contributed by atoms with Crippen LogP contribution in [0.15, 0.2) is 12.4 Å². The minimum atomic E-state index is 0. The first-order chi connectivity index (χ1) is 15.4. The quantitative estimate of drug-likeness (QED) is 0.497. The molecular weight excluding hydrogens is 390 g/mol. The Bertz CT molecular complexity index is 899. The number of fused-ring (bicyclic) bond motifs is 5. The van der Waals surface area contributed by atoms with Gasteiger partial charge in [0.05, 0.1) is 11.8 Å². The van der Waals surface area contributed by atoms with Crippen molar-refractivity contribution >= 4 is 0 Å². The smallest absolute Gasteiger partial charge is 0.102 e. The number of nitrogens with zero attached hydrogens (tertiary/aromatic N) is 3. The minimum absolute atomic E-state index is 0. The molecule has 5 fully saturated rings. The van der Waals surface area contributed by atoms with Crippen LogP contribution in [-0.4, -0.2) is 9.78 Å². The van der Waals surface area contributed by atoms with E-state index in [1.54, 1.807) is 19.0 Å². The highest BCUT2D eigenvalue weighted by Crippen LogP contribution is 2.67. The molecule has 176 valence electrons. The van der Waals surface area contributed by atoms with E-state index < -0.39 is 0 Å². The molecule has 5 aliphatic carbocycles. The molecular formula is C29H45N3. The fraction of sp³-hybridized carbons (Fsp3) is 0.862.